The van der Waals surface area contributed by atoms with Crippen LogP contribution in [0.2, 0.25) is 0 Å². The summed E-state index contributed by atoms with van der Waals surface area (Å²) in [6.45, 7) is 1.62. The SMILES string of the molecule is CC(CC(=O)O)NC(=O)Cc1nn(C)c(=O)c2ccccc12. The molecule has 0 fully saturated rings. The van der Waals surface area contributed by atoms with Crippen molar-refractivity contribution in [3.63, 3.8) is 0 Å². The number of nitrogens with one attached hydrogen (secondary N) is 1. The van der Waals surface area contributed by atoms with Crippen LogP contribution in [0.25, 0.3) is 10.8 Å². The molecule has 0 aliphatic heterocycles. The van der Waals surface area contributed by atoms with E-state index in [-0.39, 0.29) is 24.3 Å². The van der Waals surface area contributed by atoms with Crippen LogP contribution in [0, 0.1) is 0 Å². The molecule has 2 aromatic rings. The minimum Gasteiger partial charge on any atom is -0.481 e. The van der Waals surface area contributed by atoms with E-state index in [1.807, 2.05) is 0 Å². The normalized spacial score (nSPS) is 12.1. The summed E-state index contributed by atoms with van der Waals surface area (Å²) in [5, 5.41) is 16.6. The fourth-order valence-corrected chi connectivity index (χ4v) is 2.30. The third-order valence-electron chi connectivity index (χ3n) is 3.25. The number of aromatic nitrogens is 2. The fourth-order valence-electron chi connectivity index (χ4n) is 2.30. The van der Waals surface area contributed by atoms with Crippen molar-refractivity contribution < 1.29 is 14.7 Å². The lowest BCUT2D eigenvalue weighted by molar-refractivity contribution is -0.137. The van der Waals surface area contributed by atoms with E-state index in [0.29, 0.717) is 16.5 Å². The monoisotopic (exact) mass is 303 g/mol. The van der Waals surface area contributed by atoms with E-state index in [9.17, 15) is 14.4 Å². The van der Waals surface area contributed by atoms with Crippen molar-refractivity contribution in [2.24, 2.45) is 7.05 Å². The Labute approximate surface area is 126 Å². The van der Waals surface area contributed by atoms with E-state index in [1.54, 1.807) is 31.2 Å². The maximum Gasteiger partial charge on any atom is 0.305 e. The maximum absolute atomic E-state index is 12.0. The zero-order valence-corrected chi connectivity index (χ0v) is 12.4. The lowest BCUT2D eigenvalue weighted by Gasteiger charge is -2.12. The molecule has 1 aromatic carbocycles. The molecule has 2 rings (SSSR count). The van der Waals surface area contributed by atoms with Gasteiger partial charge in [0.2, 0.25) is 5.91 Å². The summed E-state index contributed by atoms with van der Waals surface area (Å²) in [5.41, 5.74) is 0.261. The number of rotatable bonds is 5. The third kappa shape index (κ3) is 3.49. The molecule has 1 unspecified atom stereocenters. The zero-order valence-electron chi connectivity index (χ0n) is 12.4. The van der Waals surface area contributed by atoms with Crippen LogP contribution in [0.3, 0.4) is 0 Å². The predicted octanol–water partition coefficient (Wildman–Crippen LogP) is 0.455. The van der Waals surface area contributed by atoms with Crippen LogP contribution in [0.1, 0.15) is 19.0 Å². The van der Waals surface area contributed by atoms with Crippen molar-refractivity contribution in [2.75, 3.05) is 0 Å². The first-order valence-corrected chi connectivity index (χ1v) is 6.84. The van der Waals surface area contributed by atoms with Crippen molar-refractivity contribution in [3.05, 3.63) is 40.3 Å². The maximum atomic E-state index is 12.0. The minimum atomic E-state index is -0.974. The highest BCUT2D eigenvalue weighted by Gasteiger charge is 2.15. The molecule has 2 N–H and O–H groups in total. The molecule has 0 saturated heterocycles. The van der Waals surface area contributed by atoms with Crippen LogP contribution >= 0.6 is 0 Å². The van der Waals surface area contributed by atoms with Gasteiger partial charge in [-0.05, 0) is 13.0 Å². The molecule has 0 radical (unpaired) electrons. The number of hydrogen-bond acceptors (Lipinski definition) is 4. The van der Waals surface area contributed by atoms with E-state index in [1.165, 1.54) is 11.7 Å². The van der Waals surface area contributed by atoms with Crippen molar-refractivity contribution in [1.82, 2.24) is 15.1 Å². The minimum absolute atomic E-state index is 0.0153. The molecule has 0 bridgehead atoms. The fraction of sp³-hybridized carbons (Fsp3) is 0.333. The summed E-state index contributed by atoms with van der Waals surface area (Å²) in [5.74, 6) is -1.30. The first-order chi connectivity index (χ1) is 10.4. The average molecular weight is 303 g/mol. The Morgan fingerprint density at radius 1 is 1.32 bits per heavy atom. The standard InChI is InChI=1S/C15H17N3O4/c1-9(7-14(20)21)16-13(19)8-12-10-5-3-4-6-11(10)15(22)18(2)17-12/h3-6,9H,7-8H2,1-2H3,(H,16,19)(H,20,21). The lowest BCUT2D eigenvalue weighted by Crippen LogP contribution is -2.35. The second-order valence-electron chi connectivity index (χ2n) is 5.16. The van der Waals surface area contributed by atoms with E-state index in [2.05, 4.69) is 10.4 Å². The van der Waals surface area contributed by atoms with Gasteiger partial charge in [0.05, 0.1) is 23.9 Å². The lowest BCUT2D eigenvalue weighted by atomic mass is 10.1. The van der Waals surface area contributed by atoms with Gasteiger partial charge in [0.25, 0.3) is 5.56 Å². The van der Waals surface area contributed by atoms with Crippen molar-refractivity contribution in [3.8, 4) is 0 Å². The molecular formula is C15H17N3O4. The zero-order chi connectivity index (χ0) is 16.3. The summed E-state index contributed by atoms with van der Waals surface area (Å²) >= 11 is 0. The van der Waals surface area contributed by atoms with Gasteiger partial charge in [-0.3, -0.25) is 14.4 Å². The average Bonchev–Trinajstić information content (AvgIpc) is 2.43. The first-order valence-electron chi connectivity index (χ1n) is 6.84. The van der Waals surface area contributed by atoms with Crippen LogP contribution in [0.15, 0.2) is 29.1 Å². The van der Waals surface area contributed by atoms with Gasteiger partial charge in [0, 0.05) is 18.5 Å². The smallest absolute Gasteiger partial charge is 0.305 e. The predicted molar refractivity (Wildman–Crippen MR) is 80.5 cm³/mol. The Morgan fingerprint density at radius 2 is 1.95 bits per heavy atom. The summed E-state index contributed by atoms with van der Waals surface area (Å²) in [7, 11) is 1.53. The molecule has 0 aliphatic rings. The highest BCUT2D eigenvalue weighted by Crippen LogP contribution is 2.13. The molecule has 1 amide bonds. The first kappa shape index (κ1) is 15.7. The Hall–Kier alpha value is -2.70. The van der Waals surface area contributed by atoms with Crippen molar-refractivity contribution >= 4 is 22.6 Å². The quantitative estimate of drug-likeness (QED) is 0.835. The number of carbonyl (C=O) groups excluding carboxylic acids is 1. The second-order valence-corrected chi connectivity index (χ2v) is 5.16. The van der Waals surface area contributed by atoms with E-state index in [0.717, 1.165) is 0 Å². The molecule has 7 nitrogen and oxygen atoms in total. The Morgan fingerprint density at radius 3 is 2.59 bits per heavy atom. The Kier molecular flexibility index (Phi) is 4.55. The Balaban J connectivity index is 2.25. The Bertz CT molecular complexity index is 782. The number of carboxylic acid groups (broad SMARTS) is 1. The molecule has 1 atom stereocenters. The molecule has 1 heterocycles. The van der Waals surface area contributed by atoms with E-state index in [4.69, 9.17) is 5.11 Å². The number of hydrogen-bond donors (Lipinski definition) is 2. The number of carboxylic acids is 1. The van der Waals surface area contributed by atoms with Gasteiger partial charge < -0.3 is 10.4 Å². The molecule has 0 spiro atoms. The van der Waals surface area contributed by atoms with E-state index < -0.39 is 12.0 Å². The molecule has 22 heavy (non-hydrogen) atoms. The number of carbonyl (C=O) groups is 2. The van der Waals surface area contributed by atoms with Crippen LogP contribution in [0.4, 0.5) is 0 Å². The van der Waals surface area contributed by atoms with Gasteiger partial charge in [0.15, 0.2) is 0 Å². The largest absolute Gasteiger partial charge is 0.481 e. The van der Waals surface area contributed by atoms with Gasteiger partial charge in [-0.1, -0.05) is 18.2 Å². The van der Waals surface area contributed by atoms with Crippen molar-refractivity contribution in [1.29, 1.82) is 0 Å². The van der Waals surface area contributed by atoms with Gasteiger partial charge in [-0.15, -0.1) is 0 Å². The van der Waals surface area contributed by atoms with Crippen LogP contribution < -0.4 is 10.9 Å². The third-order valence-corrected chi connectivity index (χ3v) is 3.25. The highest BCUT2D eigenvalue weighted by atomic mass is 16.4. The topological polar surface area (TPSA) is 101 Å². The molecule has 116 valence electrons. The van der Waals surface area contributed by atoms with Gasteiger partial charge in [-0.25, -0.2) is 4.68 Å². The summed E-state index contributed by atoms with van der Waals surface area (Å²) in [6.07, 6.45) is -0.161. The summed E-state index contributed by atoms with van der Waals surface area (Å²) in [6, 6.07) is 6.49. The van der Waals surface area contributed by atoms with Crippen molar-refractivity contribution in [2.45, 2.75) is 25.8 Å². The number of aliphatic carboxylic acids is 1. The van der Waals surface area contributed by atoms with Gasteiger partial charge >= 0.3 is 5.97 Å². The number of benzene rings is 1. The van der Waals surface area contributed by atoms with Gasteiger partial charge in [-0.2, -0.15) is 5.10 Å². The molecule has 7 heteroatoms. The second kappa shape index (κ2) is 6.38. The number of nitrogens with zero attached hydrogens (tertiary/aromatic N) is 2. The van der Waals surface area contributed by atoms with E-state index >= 15 is 0 Å². The summed E-state index contributed by atoms with van der Waals surface area (Å²) in [4.78, 5) is 34.6. The molecular weight excluding hydrogens is 286 g/mol. The van der Waals surface area contributed by atoms with Crippen LogP contribution in [-0.4, -0.2) is 32.8 Å². The van der Waals surface area contributed by atoms with Gasteiger partial charge in [0.1, 0.15) is 0 Å². The highest BCUT2D eigenvalue weighted by molar-refractivity contribution is 5.88. The number of aryl methyl sites for hydroxylation is 1. The number of fused-ring (bicyclic) bond motifs is 1. The molecule has 1 aromatic heterocycles. The number of amides is 1. The molecule has 0 aliphatic carbocycles. The molecule has 0 saturated carbocycles. The van der Waals surface area contributed by atoms with Crippen LogP contribution in [0.5, 0.6) is 0 Å². The summed E-state index contributed by atoms with van der Waals surface area (Å²) < 4.78 is 1.20. The van der Waals surface area contributed by atoms with Crippen LogP contribution in [-0.2, 0) is 23.1 Å².